The van der Waals surface area contributed by atoms with Crippen LogP contribution in [0.15, 0.2) is 23.3 Å². The van der Waals surface area contributed by atoms with Crippen molar-refractivity contribution in [3.8, 4) is 0 Å². The van der Waals surface area contributed by atoms with Crippen molar-refractivity contribution < 1.29 is 28.7 Å². The molecule has 0 aliphatic heterocycles. The van der Waals surface area contributed by atoms with Gasteiger partial charge in [0, 0.05) is 12.8 Å². The van der Waals surface area contributed by atoms with Crippen LogP contribution in [0.25, 0.3) is 0 Å². The van der Waals surface area contributed by atoms with Crippen molar-refractivity contribution in [1.29, 1.82) is 0 Å². The molecule has 6 atom stereocenters. The Balaban J connectivity index is 0.000000360. The van der Waals surface area contributed by atoms with Gasteiger partial charge in [-0.1, -0.05) is 37.1 Å². The van der Waals surface area contributed by atoms with E-state index in [-0.39, 0.29) is 35.3 Å². The fraction of sp³-hybridized carbons (Fsp3) is 0.733. The van der Waals surface area contributed by atoms with E-state index >= 15 is 0 Å². The van der Waals surface area contributed by atoms with Gasteiger partial charge in [0.2, 0.25) is 0 Å². The van der Waals surface area contributed by atoms with Gasteiger partial charge < -0.3 is 9.47 Å². The second-order valence-corrected chi connectivity index (χ2v) is 11.0. The highest BCUT2D eigenvalue weighted by atomic mass is 16.5. The monoisotopic (exact) mass is 504 g/mol. The Kier molecular flexibility index (Phi) is 13.9. The van der Waals surface area contributed by atoms with E-state index in [4.69, 9.17) is 9.47 Å². The van der Waals surface area contributed by atoms with Gasteiger partial charge in [-0.3, -0.25) is 19.2 Å². The zero-order valence-corrected chi connectivity index (χ0v) is 23.7. The van der Waals surface area contributed by atoms with E-state index in [0.717, 1.165) is 38.5 Å². The number of Topliss-reactive ketones (excluding diaryl/α,β-unsaturated/α-hetero) is 2. The summed E-state index contributed by atoms with van der Waals surface area (Å²) in [6.07, 6.45) is 11.2. The van der Waals surface area contributed by atoms with Crippen molar-refractivity contribution in [2.24, 2.45) is 35.5 Å². The van der Waals surface area contributed by atoms with Crippen LogP contribution in [0.2, 0.25) is 0 Å². The zero-order chi connectivity index (χ0) is 27.4. The van der Waals surface area contributed by atoms with Crippen molar-refractivity contribution in [3.63, 3.8) is 0 Å². The summed E-state index contributed by atoms with van der Waals surface area (Å²) >= 11 is 0. The highest BCUT2D eigenvalue weighted by Crippen LogP contribution is 2.38. The molecule has 0 N–H and O–H groups in total. The van der Waals surface area contributed by atoms with Gasteiger partial charge in [0.25, 0.3) is 0 Å². The molecule has 0 amide bonds. The number of ether oxygens (including phenoxy) is 2. The zero-order valence-electron chi connectivity index (χ0n) is 23.7. The molecule has 0 aromatic heterocycles. The third kappa shape index (κ3) is 9.67. The van der Waals surface area contributed by atoms with Crippen LogP contribution in [0.4, 0.5) is 0 Å². The van der Waals surface area contributed by atoms with E-state index in [2.05, 4.69) is 53.7 Å². The maximum Gasteiger partial charge on any atom is 0.316 e. The Labute approximate surface area is 218 Å². The van der Waals surface area contributed by atoms with Crippen molar-refractivity contribution in [1.82, 2.24) is 0 Å². The summed E-state index contributed by atoms with van der Waals surface area (Å²) < 4.78 is 9.51. The molecular weight excluding hydrogens is 456 g/mol. The lowest BCUT2D eigenvalue weighted by Crippen LogP contribution is -2.29. The first kappa shape index (κ1) is 31.8. The Hall–Kier alpha value is -2.24. The van der Waals surface area contributed by atoms with Crippen molar-refractivity contribution in [2.45, 2.75) is 92.9 Å². The van der Waals surface area contributed by atoms with Gasteiger partial charge >= 0.3 is 11.9 Å². The Morgan fingerprint density at radius 3 is 1.36 bits per heavy atom. The number of allylic oxidation sites excluding steroid dienone is 4. The summed E-state index contributed by atoms with van der Waals surface area (Å²) in [5.41, 5.74) is 2.63. The summed E-state index contributed by atoms with van der Waals surface area (Å²) in [4.78, 5) is 46.9. The largest absolute Gasteiger partial charge is 0.468 e. The SMILES string of the molecule is COC(=O)[C@@H]1C(=O)CC[C@H]1[C@H](C)CCC=C(C)C.COC(=O)[C@H]1C(=O)CC[C@@H]1[C@H](C)CCC=C(C)C. The Morgan fingerprint density at radius 2 is 1.08 bits per heavy atom. The van der Waals surface area contributed by atoms with Gasteiger partial charge in [0.15, 0.2) is 0 Å². The van der Waals surface area contributed by atoms with E-state index in [1.165, 1.54) is 25.4 Å². The number of carbonyl (C=O) groups excluding carboxylic acids is 4. The molecule has 0 radical (unpaired) electrons. The maximum absolute atomic E-state index is 11.8. The molecule has 6 nitrogen and oxygen atoms in total. The average molecular weight is 505 g/mol. The topological polar surface area (TPSA) is 86.7 Å². The van der Waals surface area contributed by atoms with Crippen molar-refractivity contribution in [2.75, 3.05) is 14.2 Å². The van der Waals surface area contributed by atoms with Gasteiger partial charge in [-0.05, 0) is 89.9 Å². The predicted octanol–water partition coefficient (Wildman–Crippen LogP) is 6.27. The van der Waals surface area contributed by atoms with E-state index < -0.39 is 11.8 Å². The summed E-state index contributed by atoms with van der Waals surface area (Å²) in [6, 6.07) is 0. The molecule has 0 aromatic rings. The summed E-state index contributed by atoms with van der Waals surface area (Å²) in [5, 5.41) is 0. The molecule has 0 bridgehead atoms. The standard InChI is InChI=1S/2C15H24O3/c2*1-10(2)6-5-7-11(3)12-8-9-13(16)14(12)15(17)18-4/h2*6,11-12,14H,5,7-9H2,1-4H3/t11-,12+,14+;11-,12-,14-/m11/s1. The molecule has 2 rings (SSSR count). The normalized spacial score (nSPS) is 24.8. The molecule has 6 heteroatoms. The first-order chi connectivity index (χ1) is 16.9. The lowest BCUT2D eigenvalue weighted by atomic mass is 9.82. The predicted molar refractivity (Wildman–Crippen MR) is 142 cm³/mol. The third-order valence-electron chi connectivity index (χ3n) is 7.72. The molecule has 0 unspecified atom stereocenters. The van der Waals surface area contributed by atoms with Gasteiger partial charge in [-0.15, -0.1) is 0 Å². The molecule has 36 heavy (non-hydrogen) atoms. The number of rotatable bonds is 10. The molecule has 2 aliphatic carbocycles. The van der Waals surface area contributed by atoms with Crippen LogP contribution in [0.3, 0.4) is 0 Å². The molecule has 0 spiro atoms. The van der Waals surface area contributed by atoms with E-state index in [1.807, 2.05) is 0 Å². The number of methoxy groups -OCH3 is 2. The first-order valence-electron chi connectivity index (χ1n) is 13.4. The first-order valence-corrected chi connectivity index (χ1v) is 13.4. The van der Waals surface area contributed by atoms with Crippen molar-refractivity contribution in [3.05, 3.63) is 23.3 Å². The summed E-state index contributed by atoms with van der Waals surface area (Å²) in [5.74, 6) is -0.526. The summed E-state index contributed by atoms with van der Waals surface area (Å²) in [7, 11) is 2.72. The third-order valence-corrected chi connectivity index (χ3v) is 7.72. The van der Waals surface area contributed by atoms with Gasteiger partial charge in [0.05, 0.1) is 14.2 Å². The number of ketones is 2. The second-order valence-electron chi connectivity index (χ2n) is 11.0. The minimum Gasteiger partial charge on any atom is -0.468 e. The molecule has 2 fully saturated rings. The Morgan fingerprint density at radius 1 is 0.750 bits per heavy atom. The van der Waals surface area contributed by atoms with Crippen LogP contribution in [0.1, 0.15) is 92.9 Å². The average Bonchev–Trinajstić information content (AvgIpc) is 3.40. The van der Waals surface area contributed by atoms with Crippen LogP contribution < -0.4 is 0 Å². The molecule has 2 saturated carbocycles. The number of esters is 2. The fourth-order valence-electron chi connectivity index (χ4n) is 5.53. The number of hydrogen-bond donors (Lipinski definition) is 0. The second kappa shape index (κ2) is 15.8. The van der Waals surface area contributed by atoms with Gasteiger partial charge in [-0.2, -0.15) is 0 Å². The number of hydrogen-bond acceptors (Lipinski definition) is 6. The lowest BCUT2D eigenvalue weighted by Gasteiger charge is -2.22. The van der Waals surface area contributed by atoms with Crippen LogP contribution in [0.5, 0.6) is 0 Å². The van der Waals surface area contributed by atoms with E-state index in [9.17, 15) is 19.2 Å². The highest BCUT2D eigenvalue weighted by Gasteiger charge is 2.43. The Bertz CT molecular complexity index is 747. The minimum atomic E-state index is -0.517. The highest BCUT2D eigenvalue weighted by molar-refractivity contribution is 6.01. The fourth-order valence-corrected chi connectivity index (χ4v) is 5.53. The van der Waals surface area contributed by atoms with Crippen LogP contribution >= 0.6 is 0 Å². The van der Waals surface area contributed by atoms with Crippen LogP contribution in [-0.2, 0) is 28.7 Å². The lowest BCUT2D eigenvalue weighted by molar-refractivity contribution is -0.152. The van der Waals surface area contributed by atoms with E-state index in [1.54, 1.807) is 0 Å². The molecule has 204 valence electrons. The number of carbonyl (C=O) groups is 4. The summed E-state index contributed by atoms with van der Waals surface area (Å²) in [6.45, 7) is 12.6. The molecule has 0 aromatic carbocycles. The van der Waals surface area contributed by atoms with E-state index in [0.29, 0.717) is 24.7 Å². The molecule has 2 aliphatic rings. The van der Waals surface area contributed by atoms with Crippen molar-refractivity contribution >= 4 is 23.5 Å². The van der Waals surface area contributed by atoms with Crippen LogP contribution in [0, 0.1) is 35.5 Å². The molecule has 0 saturated heterocycles. The molecule has 0 heterocycles. The smallest absolute Gasteiger partial charge is 0.316 e. The molecular formula is C30H48O6. The van der Waals surface area contributed by atoms with Gasteiger partial charge in [-0.25, -0.2) is 0 Å². The quantitative estimate of drug-likeness (QED) is 0.198. The maximum atomic E-state index is 11.8. The van der Waals surface area contributed by atoms with Gasteiger partial charge in [0.1, 0.15) is 23.4 Å². The minimum absolute atomic E-state index is 0.0564. The van der Waals surface area contributed by atoms with Crippen LogP contribution in [-0.4, -0.2) is 37.7 Å².